The molecular weight excluding hydrogens is 220 g/mol. The van der Waals surface area contributed by atoms with Gasteiger partial charge in [-0.25, -0.2) is 4.79 Å². The van der Waals surface area contributed by atoms with Crippen LogP contribution in [0, 0.1) is 12.3 Å². The number of aromatic nitrogens is 1. The highest BCUT2D eigenvalue weighted by Crippen LogP contribution is 2.00. The van der Waals surface area contributed by atoms with Gasteiger partial charge >= 0.3 is 5.97 Å². The van der Waals surface area contributed by atoms with Crippen molar-refractivity contribution in [2.45, 2.75) is 12.8 Å². The minimum Gasteiger partial charge on any atom is -0.478 e. The minimum absolute atomic E-state index is 0.0499. The Kier molecular flexibility index (Phi) is 4.70. The molecule has 1 aromatic heterocycles. The number of amides is 1. The number of aromatic carboxylic acids is 1. The lowest BCUT2D eigenvalue weighted by Crippen LogP contribution is -2.25. The van der Waals surface area contributed by atoms with Gasteiger partial charge in [0.1, 0.15) is 5.69 Å². The van der Waals surface area contributed by atoms with Crippen molar-refractivity contribution in [3.05, 3.63) is 29.6 Å². The predicted octanol–water partition coefficient (Wildman–Crippen LogP) is 0.923. The number of unbranched alkanes of at least 4 members (excludes halogenated alkanes) is 1. The number of nitrogens with one attached hydrogen (secondary N) is 1. The topological polar surface area (TPSA) is 79.3 Å². The molecule has 5 heteroatoms. The Bertz CT molecular complexity index is 446. The third-order valence-corrected chi connectivity index (χ3v) is 2.03. The number of pyridine rings is 1. The molecule has 88 valence electrons. The maximum Gasteiger partial charge on any atom is 0.337 e. The molecule has 0 spiro atoms. The number of terminal acetylenes is 1. The summed E-state index contributed by atoms with van der Waals surface area (Å²) in [6, 6.07) is 2.71. The zero-order chi connectivity index (χ0) is 12.7. The predicted molar refractivity (Wildman–Crippen MR) is 61.6 cm³/mol. The Morgan fingerprint density at radius 1 is 1.47 bits per heavy atom. The van der Waals surface area contributed by atoms with Crippen molar-refractivity contribution in [2.24, 2.45) is 0 Å². The molecule has 0 saturated carbocycles. The summed E-state index contributed by atoms with van der Waals surface area (Å²) in [5, 5.41) is 11.3. The van der Waals surface area contributed by atoms with Crippen LogP contribution in [0.3, 0.4) is 0 Å². The molecule has 0 aliphatic rings. The van der Waals surface area contributed by atoms with Crippen molar-refractivity contribution in [2.75, 3.05) is 6.54 Å². The molecule has 1 rings (SSSR count). The third-order valence-electron chi connectivity index (χ3n) is 2.03. The summed E-state index contributed by atoms with van der Waals surface area (Å²) in [5.41, 5.74) is 0.240. The number of carboxylic acid groups (broad SMARTS) is 1. The van der Waals surface area contributed by atoms with Gasteiger partial charge in [-0.15, -0.1) is 12.3 Å². The summed E-state index contributed by atoms with van der Waals surface area (Å²) < 4.78 is 0. The summed E-state index contributed by atoms with van der Waals surface area (Å²) in [5.74, 6) is 1.06. The van der Waals surface area contributed by atoms with E-state index in [2.05, 4.69) is 16.2 Å². The lowest BCUT2D eigenvalue weighted by atomic mass is 10.2. The second-order valence-electron chi connectivity index (χ2n) is 3.30. The molecule has 1 aromatic rings. The van der Waals surface area contributed by atoms with Crippen molar-refractivity contribution < 1.29 is 14.7 Å². The quantitative estimate of drug-likeness (QED) is 0.584. The van der Waals surface area contributed by atoms with Gasteiger partial charge in [-0.3, -0.25) is 9.78 Å². The van der Waals surface area contributed by atoms with Crippen molar-refractivity contribution in [3.8, 4) is 12.3 Å². The van der Waals surface area contributed by atoms with E-state index in [1.165, 1.54) is 12.1 Å². The smallest absolute Gasteiger partial charge is 0.337 e. The second-order valence-corrected chi connectivity index (χ2v) is 3.30. The van der Waals surface area contributed by atoms with Gasteiger partial charge < -0.3 is 10.4 Å². The van der Waals surface area contributed by atoms with E-state index >= 15 is 0 Å². The van der Waals surface area contributed by atoms with Crippen LogP contribution >= 0.6 is 0 Å². The normalized spacial score (nSPS) is 9.35. The molecule has 5 nitrogen and oxygen atoms in total. The van der Waals surface area contributed by atoms with Crippen LogP contribution in [-0.2, 0) is 0 Å². The number of hydrogen-bond acceptors (Lipinski definition) is 3. The molecule has 0 radical (unpaired) electrons. The zero-order valence-corrected chi connectivity index (χ0v) is 9.14. The summed E-state index contributed by atoms with van der Waals surface area (Å²) in [4.78, 5) is 25.8. The fourth-order valence-corrected chi connectivity index (χ4v) is 1.14. The first-order valence-electron chi connectivity index (χ1n) is 5.06. The summed E-state index contributed by atoms with van der Waals surface area (Å²) >= 11 is 0. The average Bonchev–Trinajstić information content (AvgIpc) is 2.34. The zero-order valence-electron chi connectivity index (χ0n) is 9.14. The van der Waals surface area contributed by atoms with E-state index in [4.69, 9.17) is 11.5 Å². The number of carboxylic acids is 1. The highest BCUT2D eigenvalue weighted by molar-refractivity contribution is 5.93. The Hall–Kier alpha value is -2.35. The maximum absolute atomic E-state index is 11.5. The Balaban J connectivity index is 2.52. The first-order valence-corrected chi connectivity index (χ1v) is 5.06. The van der Waals surface area contributed by atoms with Gasteiger partial charge in [0.2, 0.25) is 0 Å². The molecular formula is C12H12N2O3. The lowest BCUT2D eigenvalue weighted by molar-refractivity contribution is 0.0695. The fourth-order valence-electron chi connectivity index (χ4n) is 1.14. The molecule has 0 aliphatic heterocycles. The van der Waals surface area contributed by atoms with Gasteiger partial charge in [0.15, 0.2) is 0 Å². The number of nitrogens with zero attached hydrogens (tertiary/aromatic N) is 1. The van der Waals surface area contributed by atoms with E-state index in [0.29, 0.717) is 19.4 Å². The first kappa shape index (κ1) is 12.7. The fraction of sp³-hybridized carbons (Fsp3) is 0.250. The Labute approximate surface area is 98.9 Å². The van der Waals surface area contributed by atoms with Gasteiger partial charge in [0.05, 0.1) is 5.56 Å². The SMILES string of the molecule is C#CCCCNC(=O)c1ccc(C(=O)O)cn1. The minimum atomic E-state index is -1.07. The van der Waals surface area contributed by atoms with Crippen molar-refractivity contribution in [1.82, 2.24) is 10.3 Å². The van der Waals surface area contributed by atoms with Crippen LogP contribution in [0.2, 0.25) is 0 Å². The molecule has 17 heavy (non-hydrogen) atoms. The highest BCUT2D eigenvalue weighted by atomic mass is 16.4. The molecule has 0 saturated heterocycles. The Morgan fingerprint density at radius 2 is 2.24 bits per heavy atom. The van der Waals surface area contributed by atoms with E-state index in [9.17, 15) is 9.59 Å². The van der Waals surface area contributed by atoms with Crippen LogP contribution in [0.15, 0.2) is 18.3 Å². The Morgan fingerprint density at radius 3 is 2.76 bits per heavy atom. The summed E-state index contributed by atoms with van der Waals surface area (Å²) in [6.07, 6.45) is 7.53. The molecule has 0 atom stereocenters. The van der Waals surface area contributed by atoms with Crippen LogP contribution < -0.4 is 5.32 Å². The van der Waals surface area contributed by atoms with Crippen LogP contribution in [-0.4, -0.2) is 28.5 Å². The number of hydrogen-bond donors (Lipinski definition) is 2. The monoisotopic (exact) mass is 232 g/mol. The molecule has 0 unspecified atom stereocenters. The number of carbonyl (C=O) groups excluding carboxylic acids is 1. The summed E-state index contributed by atoms with van der Waals surface area (Å²) in [6.45, 7) is 0.478. The van der Waals surface area contributed by atoms with Gasteiger partial charge in [-0.1, -0.05) is 0 Å². The van der Waals surface area contributed by atoms with E-state index in [0.717, 1.165) is 6.20 Å². The highest BCUT2D eigenvalue weighted by Gasteiger charge is 2.08. The van der Waals surface area contributed by atoms with E-state index < -0.39 is 5.97 Å². The third kappa shape index (κ3) is 3.95. The van der Waals surface area contributed by atoms with E-state index in [-0.39, 0.29) is 17.2 Å². The molecule has 1 amide bonds. The van der Waals surface area contributed by atoms with Crippen LogP contribution in [0.4, 0.5) is 0 Å². The molecule has 1 heterocycles. The van der Waals surface area contributed by atoms with E-state index in [1.54, 1.807) is 0 Å². The number of rotatable bonds is 5. The molecule has 0 bridgehead atoms. The summed E-state index contributed by atoms with van der Waals surface area (Å²) in [7, 11) is 0. The standard InChI is InChI=1S/C12H12N2O3/c1-2-3-4-7-13-11(15)10-6-5-9(8-14-10)12(16)17/h1,5-6,8H,3-4,7H2,(H,13,15)(H,16,17). The van der Waals surface area contributed by atoms with Gasteiger partial charge in [-0.05, 0) is 18.6 Å². The van der Waals surface area contributed by atoms with Crippen molar-refractivity contribution in [3.63, 3.8) is 0 Å². The molecule has 2 N–H and O–H groups in total. The van der Waals surface area contributed by atoms with Crippen LogP contribution in [0.25, 0.3) is 0 Å². The maximum atomic E-state index is 11.5. The van der Waals surface area contributed by atoms with Crippen LogP contribution in [0.1, 0.15) is 33.7 Å². The largest absolute Gasteiger partial charge is 0.478 e. The average molecular weight is 232 g/mol. The van der Waals surface area contributed by atoms with Crippen molar-refractivity contribution >= 4 is 11.9 Å². The second kappa shape index (κ2) is 6.28. The molecule has 0 aliphatic carbocycles. The first-order chi connectivity index (χ1) is 8.15. The number of carbonyl (C=O) groups is 2. The van der Waals surface area contributed by atoms with Gasteiger partial charge in [-0.2, -0.15) is 0 Å². The molecule has 0 aromatic carbocycles. The van der Waals surface area contributed by atoms with E-state index in [1.807, 2.05) is 0 Å². The van der Waals surface area contributed by atoms with Gasteiger partial charge in [0.25, 0.3) is 5.91 Å². The molecule has 0 fully saturated rings. The van der Waals surface area contributed by atoms with Crippen LogP contribution in [0.5, 0.6) is 0 Å². The van der Waals surface area contributed by atoms with Crippen molar-refractivity contribution in [1.29, 1.82) is 0 Å². The van der Waals surface area contributed by atoms with Gasteiger partial charge in [0, 0.05) is 19.2 Å². The lowest BCUT2D eigenvalue weighted by Gasteiger charge is -2.03.